The van der Waals surface area contributed by atoms with Crippen molar-refractivity contribution in [2.45, 2.75) is 33.7 Å². The van der Waals surface area contributed by atoms with Crippen molar-refractivity contribution in [2.24, 2.45) is 5.92 Å². The maximum absolute atomic E-state index is 13.3. The number of carbonyl (C=O) groups is 2. The van der Waals surface area contributed by atoms with Crippen LogP contribution in [0.3, 0.4) is 0 Å². The van der Waals surface area contributed by atoms with E-state index in [9.17, 15) is 14.7 Å². The third-order valence-corrected chi connectivity index (χ3v) is 6.89. The molecule has 1 saturated heterocycles. The summed E-state index contributed by atoms with van der Waals surface area (Å²) in [7, 11) is 0. The highest BCUT2D eigenvalue weighted by Gasteiger charge is 2.42. The third-order valence-electron chi connectivity index (χ3n) is 5.56. The number of carboxylic acids is 1. The van der Waals surface area contributed by atoms with Crippen molar-refractivity contribution in [3.8, 4) is 17.3 Å². The lowest BCUT2D eigenvalue weighted by molar-refractivity contribution is -0.146. The minimum atomic E-state index is -1.09. The molecule has 4 rings (SSSR count). The number of aromatic nitrogens is 2. The van der Waals surface area contributed by atoms with E-state index in [4.69, 9.17) is 17.0 Å². The van der Waals surface area contributed by atoms with Gasteiger partial charge in [0.25, 0.3) is 5.91 Å². The lowest BCUT2D eigenvalue weighted by Crippen LogP contribution is -2.47. The van der Waals surface area contributed by atoms with Crippen LogP contribution in [0, 0.1) is 19.8 Å². The number of thiocarbonyl (C=S) groups is 1. The number of carboxylic acid groups (broad SMARTS) is 1. The molecule has 35 heavy (non-hydrogen) atoms. The SMILES string of the molecule is Cc1ccc(Oc2c(/C=C3\SC(=S)N([C@H](C(=O)O)C(C)C)C3=O)c(C)nn2-c2ccccc2)cc1. The molecule has 0 radical (unpaired) electrons. The monoisotopic (exact) mass is 507 g/mol. The average molecular weight is 508 g/mol. The van der Waals surface area contributed by atoms with E-state index >= 15 is 0 Å². The fourth-order valence-electron chi connectivity index (χ4n) is 3.79. The van der Waals surface area contributed by atoms with E-state index in [1.54, 1.807) is 24.6 Å². The van der Waals surface area contributed by atoms with Gasteiger partial charge in [-0.15, -0.1) is 0 Å². The molecule has 0 bridgehead atoms. The van der Waals surface area contributed by atoms with Crippen LogP contribution in [-0.2, 0) is 9.59 Å². The summed E-state index contributed by atoms with van der Waals surface area (Å²) in [5.41, 5.74) is 3.18. The van der Waals surface area contributed by atoms with Crippen molar-refractivity contribution in [2.75, 3.05) is 0 Å². The number of hydrogen-bond acceptors (Lipinski definition) is 6. The number of aryl methyl sites for hydroxylation is 2. The Kier molecular flexibility index (Phi) is 7.09. The van der Waals surface area contributed by atoms with Gasteiger partial charge in [0.05, 0.1) is 21.8 Å². The highest BCUT2D eigenvalue weighted by molar-refractivity contribution is 8.26. The highest BCUT2D eigenvalue weighted by atomic mass is 32.2. The van der Waals surface area contributed by atoms with Gasteiger partial charge in [0, 0.05) is 0 Å². The van der Waals surface area contributed by atoms with Crippen LogP contribution in [0.2, 0.25) is 0 Å². The van der Waals surface area contributed by atoms with Gasteiger partial charge >= 0.3 is 5.97 Å². The Labute approximate surface area is 213 Å². The Bertz CT molecular complexity index is 1310. The van der Waals surface area contributed by atoms with Crippen LogP contribution in [-0.4, -0.2) is 42.0 Å². The van der Waals surface area contributed by atoms with E-state index in [2.05, 4.69) is 5.10 Å². The van der Waals surface area contributed by atoms with Gasteiger partial charge in [0.1, 0.15) is 16.1 Å². The molecular formula is C26H25N3O4S2. The van der Waals surface area contributed by atoms with Crippen molar-refractivity contribution < 1.29 is 19.4 Å². The first-order valence-corrected chi connectivity index (χ1v) is 12.3. The molecule has 1 aliphatic heterocycles. The molecule has 2 heterocycles. The van der Waals surface area contributed by atoms with Gasteiger partial charge in [0.15, 0.2) is 0 Å². The molecule has 1 aliphatic rings. The number of hydrogen-bond donors (Lipinski definition) is 1. The predicted octanol–water partition coefficient (Wildman–Crippen LogP) is 5.59. The molecule has 1 N–H and O–H groups in total. The third kappa shape index (κ3) is 5.01. The second kappa shape index (κ2) is 10.1. The normalized spacial score (nSPS) is 15.8. The summed E-state index contributed by atoms with van der Waals surface area (Å²) < 4.78 is 8.20. The number of ether oxygens (including phenoxy) is 1. The maximum atomic E-state index is 13.3. The summed E-state index contributed by atoms with van der Waals surface area (Å²) in [6.45, 7) is 7.34. The minimum Gasteiger partial charge on any atom is -0.480 e. The number of nitrogens with zero attached hydrogens (tertiary/aromatic N) is 3. The Morgan fingerprint density at radius 2 is 1.77 bits per heavy atom. The first-order valence-electron chi connectivity index (χ1n) is 11.1. The highest BCUT2D eigenvalue weighted by Crippen LogP contribution is 2.39. The number of amides is 1. The zero-order chi connectivity index (χ0) is 25.3. The first kappa shape index (κ1) is 24.7. The van der Waals surface area contributed by atoms with E-state index in [1.165, 1.54) is 4.90 Å². The second-order valence-corrected chi connectivity index (χ2v) is 10.2. The molecule has 0 saturated carbocycles. The number of aliphatic carboxylic acids is 1. The van der Waals surface area contributed by atoms with E-state index in [-0.39, 0.29) is 10.2 Å². The van der Waals surface area contributed by atoms with Gasteiger partial charge in [-0.25, -0.2) is 4.79 Å². The summed E-state index contributed by atoms with van der Waals surface area (Å²) in [5, 5.41) is 14.4. The number of benzene rings is 2. The molecule has 1 aromatic heterocycles. The lowest BCUT2D eigenvalue weighted by atomic mass is 10.0. The molecule has 0 spiro atoms. The van der Waals surface area contributed by atoms with E-state index in [0.717, 1.165) is 23.0 Å². The Morgan fingerprint density at radius 3 is 2.37 bits per heavy atom. The summed E-state index contributed by atoms with van der Waals surface area (Å²) in [6.07, 6.45) is 1.68. The average Bonchev–Trinajstić information content (AvgIpc) is 3.26. The van der Waals surface area contributed by atoms with Crippen molar-refractivity contribution in [1.82, 2.24) is 14.7 Å². The molecular weight excluding hydrogens is 482 g/mol. The fourth-order valence-corrected chi connectivity index (χ4v) is 5.10. The van der Waals surface area contributed by atoms with E-state index in [1.807, 2.05) is 68.4 Å². The van der Waals surface area contributed by atoms with Gasteiger partial charge in [-0.1, -0.05) is 73.7 Å². The van der Waals surface area contributed by atoms with Gasteiger partial charge in [0.2, 0.25) is 5.88 Å². The van der Waals surface area contributed by atoms with Crippen LogP contribution in [0.25, 0.3) is 11.8 Å². The molecule has 0 unspecified atom stereocenters. The molecule has 0 aliphatic carbocycles. The van der Waals surface area contributed by atoms with Crippen molar-refractivity contribution in [3.63, 3.8) is 0 Å². The zero-order valence-electron chi connectivity index (χ0n) is 19.8. The molecule has 1 atom stereocenters. The number of rotatable bonds is 7. The van der Waals surface area contributed by atoms with Crippen molar-refractivity contribution in [3.05, 3.63) is 76.3 Å². The predicted molar refractivity (Wildman–Crippen MR) is 141 cm³/mol. The summed E-state index contributed by atoms with van der Waals surface area (Å²) >= 11 is 6.49. The molecule has 9 heteroatoms. The van der Waals surface area contributed by atoms with Crippen LogP contribution < -0.4 is 4.74 Å². The first-order chi connectivity index (χ1) is 16.7. The number of para-hydroxylation sites is 1. The van der Waals surface area contributed by atoms with Crippen LogP contribution in [0.1, 0.15) is 30.7 Å². The summed E-state index contributed by atoms with van der Waals surface area (Å²) in [5.74, 6) is -0.761. The molecule has 7 nitrogen and oxygen atoms in total. The zero-order valence-corrected chi connectivity index (χ0v) is 21.4. The van der Waals surface area contributed by atoms with Crippen molar-refractivity contribution >= 4 is 46.3 Å². The van der Waals surface area contributed by atoms with Gasteiger partial charge < -0.3 is 9.84 Å². The van der Waals surface area contributed by atoms with Gasteiger partial charge in [-0.05, 0) is 50.1 Å². The number of carbonyl (C=O) groups excluding carboxylic acids is 1. The van der Waals surface area contributed by atoms with Crippen molar-refractivity contribution in [1.29, 1.82) is 0 Å². The van der Waals surface area contributed by atoms with Crippen LogP contribution in [0.5, 0.6) is 11.6 Å². The molecule has 3 aromatic rings. The minimum absolute atomic E-state index is 0.219. The second-order valence-electron chi connectivity index (χ2n) is 8.55. The van der Waals surface area contributed by atoms with E-state index < -0.39 is 17.9 Å². The molecule has 2 aromatic carbocycles. The lowest BCUT2D eigenvalue weighted by Gasteiger charge is -2.26. The standard InChI is InChI=1S/C26H25N3O4S2/c1-15(2)22(25(31)32)28-23(30)21(35-26(28)34)14-20-17(4)27-29(18-8-6-5-7-9-18)24(20)33-19-12-10-16(3)11-13-19/h5-15,22H,1-4H3,(H,31,32)/b21-14-/t22-/m0/s1. The summed E-state index contributed by atoms with van der Waals surface area (Å²) in [4.78, 5) is 26.7. The largest absolute Gasteiger partial charge is 0.480 e. The molecule has 180 valence electrons. The van der Waals surface area contributed by atoms with E-state index in [0.29, 0.717) is 27.8 Å². The van der Waals surface area contributed by atoms with Crippen LogP contribution in [0.4, 0.5) is 0 Å². The van der Waals surface area contributed by atoms with Gasteiger partial charge in [-0.3, -0.25) is 9.69 Å². The molecule has 1 amide bonds. The smallest absolute Gasteiger partial charge is 0.327 e. The topological polar surface area (TPSA) is 84.7 Å². The fraction of sp³-hybridized carbons (Fsp3) is 0.231. The Morgan fingerprint density at radius 1 is 1.11 bits per heavy atom. The van der Waals surface area contributed by atoms with Crippen LogP contribution in [0.15, 0.2) is 59.5 Å². The summed E-state index contributed by atoms with van der Waals surface area (Å²) in [6, 6.07) is 16.2. The quantitative estimate of drug-likeness (QED) is 0.329. The van der Waals surface area contributed by atoms with Gasteiger partial charge in [-0.2, -0.15) is 9.78 Å². The maximum Gasteiger partial charge on any atom is 0.327 e. The number of thioether (sulfide) groups is 1. The van der Waals surface area contributed by atoms with Crippen LogP contribution >= 0.6 is 24.0 Å². The molecule has 1 fully saturated rings. The Balaban J connectivity index is 1.80. The Hall–Kier alpha value is -3.43.